The van der Waals surface area contributed by atoms with Crippen LogP contribution in [-0.2, 0) is 6.54 Å². The van der Waals surface area contributed by atoms with Crippen molar-refractivity contribution in [2.45, 2.75) is 39.2 Å². The van der Waals surface area contributed by atoms with Crippen molar-refractivity contribution in [1.82, 2.24) is 4.98 Å². The van der Waals surface area contributed by atoms with Gasteiger partial charge in [-0.25, -0.2) is 9.98 Å². The Hall–Kier alpha value is -2.56. The van der Waals surface area contributed by atoms with Gasteiger partial charge in [0.2, 0.25) is 0 Å². The van der Waals surface area contributed by atoms with E-state index in [0.717, 1.165) is 30.2 Å². The van der Waals surface area contributed by atoms with E-state index in [1.807, 2.05) is 30.5 Å². The summed E-state index contributed by atoms with van der Waals surface area (Å²) in [6, 6.07) is 12.3. The van der Waals surface area contributed by atoms with Crippen LogP contribution in [0.5, 0.6) is 0 Å². The number of anilines is 2. The van der Waals surface area contributed by atoms with E-state index in [9.17, 15) is 0 Å². The van der Waals surface area contributed by atoms with Gasteiger partial charge in [-0.3, -0.25) is 0 Å². The lowest BCUT2D eigenvalue weighted by Gasteiger charge is -2.21. The van der Waals surface area contributed by atoms with Gasteiger partial charge in [-0.15, -0.1) is 0 Å². The highest BCUT2D eigenvalue weighted by Crippen LogP contribution is 2.17. The lowest BCUT2D eigenvalue weighted by atomic mass is 10.2. The zero-order chi connectivity index (χ0) is 17.5. The number of rotatable bonds is 4. The van der Waals surface area contributed by atoms with Gasteiger partial charge in [0.05, 0.1) is 6.54 Å². The molecule has 1 aliphatic heterocycles. The van der Waals surface area contributed by atoms with E-state index in [1.165, 1.54) is 31.2 Å². The zero-order valence-corrected chi connectivity index (χ0v) is 14.9. The first kappa shape index (κ1) is 17.3. The average Bonchev–Trinajstić information content (AvgIpc) is 2.92. The second kappa shape index (κ2) is 8.51. The van der Waals surface area contributed by atoms with Gasteiger partial charge in [-0.1, -0.05) is 36.6 Å². The van der Waals surface area contributed by atoms with Crippen molar-refractivity contribution in [3.05, 3.63) is 53.7 Å². The molecule has 5 nitrogen and oxygen atoms in total. The summed E-state index contributed by atoms with van der Waals surface area (Å²) in [5, 5.41) is 3.11. The summed E-state index contributed by atoms with van der Waals surface area (Å²) in [5.41, 5.74) is 9.19. The zero-order valence-electron chi connectivity index (χ0n) is 14.9. The van der Waals surface area contributed by atoms with Crippen LogP contribution in [0.4, 0.5) is 11.5 Å². The molecular weight excluding hydrogens is 310 g/mol. The van der Waals surface area contributed by atoms with Gasteiger partial charge in [0.1, 0.15) is 5.82 Å². The lowest BCUT2D eigenvalue weighted by Crippen LogP contribution is -2.24. The molecule has 3 rings (SSSR count). The van der Waals surface area contributed by atoms with Crippen LogP contribution < -0.4 is 16.0 Å². The van der Waals surface area contributed by atoms with Gasteiger partial charge < -0.3 is 16.0 Å². The molecule has 1 aromatic carbocycles. The lowest BCUT2D eigenvalue weighted by molar-refractivity contribution is 0.726. The molecule has 0 radical (unpaired) electrons. The number of aromatic nitrogens is 1. The summed E-state index contributed by atoms with van der Waals surface area (Å²) < 4.78 is 0. The van der Waals surface area contributed by atoms with E-state index >= 15 is 0 Å². The number of aryl methyl sites for hydroxylation is 1. The minimum Gasteiger partial charge on any atom is -0.370 e. The maximum absolute atomic E-state index is 5.97. The molecule has 1 fully saturated rings. The highest BCUT2D eigenvalue weighted by Gasteiger charge is 2.10. The normalized spacial score (nSPS) is 15.7. The average molecular weight is 337 g/mol. The molecule has 0 atom stereocenters. The Labute approximate surface area is 150 Å². The van der Waals surface area contributed by atoms with Crippen LogP contribution in [0.15, 0.2) is 47.6 Å². The van der Waals surface area contributed by atoms with Crippen molar-refractivity contribution in [3.63, 3.8) is 0 Å². The smallest absolute Gasteiger partial charge is 0.193 e. The molecule has 0 unspecified atom stereocenters. The number of hydrogen-bond acceptors (Lipinski definition) is 3. The third kappa shape index (κ3) is 5.21. The highest BCUT2D eigenvalue weighted by molar-refractivity contribution is 5.92. The first-order valence-corrected chi connectivity index (χ1v) is 9.04. The van der Waals surface area contributed by atoms with Crippen LogP contribution in [0.1, 0.15) is 36.8 Å². The number of benzene rings is 1. The first-order valence-electron chi connectivity index (χ1n) is 9.04. The minimum absolute atomic E-state index is 0.417. The third-order valence-corrected chi connectivity index (χ3v) is 4.50. The Bertz CT molecular complexity index is 683. The van der Waals surface area contributed by atoms with E-state index in [4.69, 9.17) is 5.73 Å². The quantitative estimate of drug-likeness (QED) is 0.659. The van der Waals surface area contributed by atoms with Crippen molar-refractivity contribution < 1.29 is 0 Å². The molecule has 1 saturated heterocycles. The topological polar surface area (TPSA) is 66.5 Å². The SMILES string of the molecule is Cc1ccc(NC(N)=NCc2ccc(N3CCCCCC3)nc2)cc1. The maximum Gasteiger partial charge on any atom is 0.193 e. The van der Waals surface area contributed by atoms with Crippen LogP contribution in [0.3, 0.4) is 0 Å². The molecule has 0 aliphatic carbocycles. The molecule has 25 heavy (non-hydrogen) atoms. The molecule has 2 aromatic rings. The summed E-state index contributed by atoms with van der Waals surface area (Å²) >= 11 is 0. The van der Waals surface area contributed by atoms with Crippen molar-refractivity contribution in [3.8, 4) is 0 Å². The highest BCUT2D eigenvalue weighted by atomic mass is 15.2. The van der Waals surface area contributed by atoms with Crippen LogP contribution in [0.25, 0.3) is 0 Å². The van der Waals surface area contributed by atoms with Crippen LogP contribution in [0.2, 0.25) is 0 Å². The Morgan fingerprint density at radius 1 is 1.08 bits per heavy atom. The van der Waals surface area contributed by atoms with E-state index < -0.39 is 0 Å². The number of guanidine groups is 1. The number of pyridine rings is 1. The molecule has 0 spiro atoms. The first-order chi connectivity index (χ1) is 12.2. The monoisotopic (exact) mass is 337 g/mol. The molecule has 3 N–H and O–H groups in total. The standard InChI is InChI=1S/C20H27N5/c1-16-6-9-18(10-7-16)24-20(21)23-15-17-8-11-19(22-14-17)25-12-4-2-3-5-13-25/h6-11,14H,2-5,12-13,15H2,1H3,(H3,21,23,24). The van der Waals surface area contributed by atoms with Gasteiger partial charge in [0.15, 0.2) is 5.96 Å². The van der Waals surface area contributed by atoms with Crippen molar-refractivity contribution in [2.24, 2.45) is 10.7 Å². The second-order valence-corrected chi connectivity index (χ2v) is 6.62. The molecule has 0 amide bonds. The van der Waals surface area contributed by atoms with E-state index in [-0.39, 0.29) is 0 Å². The molecule has 2 heterocycles. The van der Waals surface area contributed by atoms with E-state index in [1.54, 1.807) is 0 Å². The number of hydrogen-bond donors (Lipinski definition) is 2. The van der Waals surface area contributed by atoms with Crippen LogP contribution in [-0.4, -0.2) is 24.0 Å². The van der Waals surface area contributed by atoms with Crippen molar-refractivity contribution in [2.75, 3.05) is 23.3 Å². The number of nitrogens with two attached hydrogens (primary N) is 1. The van der Waals surface area contributed by atoms with Crippen molar-refractivity contribution >= 4 is 17.5 Å². The third-order valence-electron chi connectivity index (χ3n) is 4.50. The molecule has 0 bridgehead atoms. The Kier molecular flexibility index (Phi) is 5.88. The molecular formula is C20H27N5. The van der Waals surface area contributed by atoms with Crippen molar-refractivity contribution in [1.29, 1.82) is 0 Å². The van der Waals surface area contributed by atoms with Gasteiger partial charge in [-0.2, -0.15) is 0 Å². The van der Waals surface area contributed by atoms with Crippen LogP contribution in [0, 0.1) is 6.92 Å². The summed E-state index contributed by atoms with van der Waals surface area (Å²) in [6.07, 6.45) is 7.08. The van der Waals surface area contributed by atoms with Gasteiger partial charge in [0.25, 0.3) is 0 Å². The molecule has 5 heteroatoms. The fourth-order valence-corrected chi connectivity index (χ4v) is 3.00. The predicted octanol–water partition coefficient (Wildman–Crippen LogP) is 3.70. The fourth-order valence-electron chi connectivity index (χ4n) is 3.00. The fraction of sp³-hybridized carbons (Fsp3) is 0.400. The summed E-state index contributed by atoms with van der Waals surface area (Å²) in [5.74, 6) is 1.49. The Balaban J connectivity index is 1.56. The van der Waals surface area contributed by atoms with E-state index in [2.05, 4.69) is 39.2 Å². The van der Waals surface area contributed by atoms with Gasteiger partial charge in [-0.05, 0) is 43.5 Å². The molecule has 1 aromatic heterocycles. The largest absolute Gasteiger partial charge is 0.370 e. The van der Waals surface area contributed by atoms with Crippen LogP contribution >= 0.6 is 0 Å². The Morgan fingerprint density at radius 2 is 1.80 bits per heavy atom. The number of nitrogens with zero attached hydrogens (tertiary/aromatic N) is 3. The van der Waals surface area contributed by atoms with Gasteiger partial charge >= 0.3 is 0 Å². The number of nitrogens with one attached hydrogen (secondary N) is 1. The van der Waals surface area contributed by atoms with Gasteiger partial charge in [0, 0.05) is 25.0 Å². The van der Waals surface area contributed by atoms with E-state index in [0.29, 0.717) is 12.5 Å². The molecule has 0 saturated carbocycles. The maximum atomic E-state index is 5.97. The summed E-state index contributed by atoms with van der Waals surface area (Å²) in [7, 11) is 0. The molecule has 1 aliphatic rings. The predicted molar refractivity (Wildman–Crippen MR) is 105 cm³/mol. The second-order valence-electron chi connectivity index (χ2n) is 6.62. The summed E-state index contributed by atoms with van der Waals surface area (Å²) in [6.45, 7) is 4.80. The minimum atomic E-state index is 0.417. The number of aliphatic imine (C=N–C) groups is 1. The molecule has 132 valence electrons. The Morgan fingerprint density at radius 3 is 2.44 bits per heavy atom. The summed E-state index contributed by atoms with van der Waals surface area (Å²) in [4.78, 5) is 11.4.